The van der Waals surface area contributed by atoms with Gasteiger partial charge >= 0.3 is 0 Å². The lowest BCUT2D eigenvalue weighted by Gasteiger charge is -2.43. The van der Waals surface area contributed by atoms with Gasteiger partial charge in [-0.2, -0.15) is 0 Å². The Morgan fingerprint density at radius 2 is 1.79 bits per heavy atom. The van der Waals surface area contributed by atoms with Gasteiger partial charge in [0.1, 0.15) is 0 Å². The SMILES string of the molecule is CCCS(=O)(=O)N1CCC2(CC1)CC(c1ccccc1)C(=O)N2C. The summed E-state index contributed by atoms with van der Waals surface area (Å²) in [5.74, 6) is 0.266. The van der Waals surface area contributed by atoms with Crippen molar-refractivity contribution in [2.75, 3.05) is 25.9 Å². The van der Waals surface area contributed by atoms with E-state index in [-0.39, 0.29) is 23.1 Å². The van der Waals surface area contributed by atoms with Crippen LogP contribution in [0, 0.1) is 0 Å². The summed E-state index contributed by atoms with van der Waals surface area (Å²) in [4.78, 5) is 14.6. The van der Waals surface area contributed by atoms with E-state index < -0.39 is 10.0 Å². The second-order valence-corrected chi connectivity index (χ2v) is 9.09. The molecule has 1 spiro atoms. The lowest BCUT2D eigenvalue weighted by atomic mass is 9.82. The van der Waals surface area contributed by atoms with E-state index in [1.807, 2.05) is 49.2 Å². The first-order chi connectivity index (χ1) is 11.4. The fourth-order valence-electron chi connectivity index (χ4n) is 4.12. The van der Waals surface area contributed by atoms with Crippen molar-refractivity contribution < 1.29 is 13.2 Å². The molecule has 1 atom stereocenters. The Hall–Kier alpha value is -1.40. The number of hydrogen-bond acceptors (Lipinski definition) is 3. The van der Waals surface area contributed by atoms with Crippen molar-refractivity contribution >= 4 is 15.9 Å². The van der Waals surface area contributed by atoms with Crippen molar-refractivity contribution in [2.24, 2.45) is 0 Å². The van der Waals surface area contributed by atoms with Crippen LogP contribution in [0.1, 0.15) is 44.1 Å². The fourth-order valence-corrected chi connectivity index (χ4v) is 5.64. The van der Waals surface area contributed by atoms with E-state index in [4.69, 9.17) is 0 Å². The zero-order valence-corrected chi connectivity index (χ0v) is 15.3. The summed E-state index contributed by atoms with van der Waals surface area (Å²) in [5, 5.41) is 0. The first kappa shape index (κ1) is 17.4. The molecule has 0 radical (unpaired) electrons. The lowest BCUT2D eigenvalue weighted by Crippen LogP contribution is -2.53. The van der Waals surface area contributed by atoms with E-state index in [1.165, 1.54) is 0 Å². The van der Waals surface area contributed by atoms with Crippen molar-refractivity contribution in [3.05, 3.63) is 35.9 Å². The quantitative estimate of drug-likeness (QED) is 0.836. The molecular formula is C18H26N2O3S. The van der Waals surface area contributed by atoms with Gasteiger partial charge in [-0.1, -0.05) is 37.3 Å². The summed E-state index contributed by atoms with van der Waals surface area (Å²) in [6.07, 6.45) is 2.87. The van der Waals surface area contributed by atoms with Crippen molar-refractivity contribution in [1.29, 1.82) is 0 Å². The van der Waals surface area contributed by atoms with E-state index in [9.17, 15) is 13.2 Å². The number of benzene rings is 1. The first-order valence-corrected chi connectivity index (χ1v) is 10.3. The minimum absolute atomic E-state index is 0.102. The molecule has 2 aliphatic rings. The largest absolute Gasteiger partial charge is 0.339 e. The van der Waals surface area contributed by atoms with Crippen LogP contribution >= 0.6 is 0 Å². The highest BCUT2D eigenvalue weighted by atomic mass is 32.2. The number of carbonyl (C=O) groups excluding carboxylic acids is 1. The van der Waals surface area contributed by atoms with Crippen molar-refractivity contribution in [1.82, 2.24) is 9.21 Å². The molecule has 3 rings (SSSR count). The van der Waals surface area contributed by atoms with Crippen LogP contribution in [0.3, 0.4) is 0 Å². The van der Waals surface area contributed by atoms with Gasteiger partial charge in [0.15, 0.2) is 0 Å². The van der Waals surface area contributed by atoms with Gasteiger partial charge < -0.3 is 4.90 Å². The number of rotatable bonds is 4. The number of likely N-dealkylation sites (N-methyl/N-ethyl adjacent to an activating group) is 1. The summed E-state index contributed by atoms with van der Waals surface area (Å²) in [6.45, 7) is 2.92. The normalized spacial score (nSPS) is 24.7. The molecule has 0 bridgehead atoms. The van der Waals surface area contributed by atoms with Crippen molar-refractivity contribution in [3.63, 3.8) is 0 Å². The van der Waals surface area contributed by atoms with E-state index in [1.54, 1.807) is 4.31 Å². The molecule has 2 fully saturated rings. The molecule has 2 saturated heterocycles. The number of sulfonamides is 1. The van der Waals surface area contributed by atoms with Gasteiger partial charge in [0, 0.05) is 25.7 Å². The number of piperidine rings is 1. The summed E-state index contributed by atoms with van der Waals surface area (Å²) in [5.41, 5.74) is 0.864. The maximum absolute atomic E-state index is 12.8. The van der Waals surface area contributed by atoms with Crippen LogP contribution in [0.15, 0.2) is 30.3 Å². The van der Waals surface area contributed by atoms with Gasteiger partial charge in [-0.15, -0.1) is 0 Å². The van der Waals surface area contributed by atoms with Crippen LogP contribution in [-0.2, 0) is 14.8 Å². The Labute approximate surface area is 144 Å². The number of likely N-dealkylation sites (tertiary alicyclic amines) is 1. The molecule has 5 nitrogen and oxygen atoms in total. The predicted octanol–water partition coefficient (Wildman–Crippen LogP) is 2.21. The second-order valence-electron chi connectivity index (χ2n) is 7.00. The average molecular weight is 350 g/mol. The van der Waals surface area contributed by atoms with Gasteiger partial charge in [-0.3, -0.25) is 4.79 Å². The van der Waals surface area contributed by atoms with Gasteiger partial charge in [0.05, 0.1) is 11.7 Å². The summed E-state index contributed by atoms with van der Waals surface area (Å²) in [7, 11) is -1.27. The molecule has 0 aliphatic carbocycles. The topological polar surface area (TPSA) is 57.7 Å². The van der Waals surface area contributed by atoms with E-state index in [0.29, 0.717) is 19.5 Å². The van der Waals surface area contributed by atoms with Crippen LogP contribution < -0.4 is 0 Å². The monoisotopic (exact) mass is 350 g/mol. The minimum atomic E-state index is -3.15. The van der Waals surface area contributed by atoms with Gasteiger partial charge in [0.25, 0.3) is 0 Å². The lowest BCUT2D eigenvalue weighted by molar-refractivity contribution is -0.131. The first-order valence-electron chi connectivity index (χ1n) is 8.70. The third-order valence-electron chi connectivity index (χ3n) is 5.63. The Kier molecular flexibility index (Phi) is 4.71. The maximum Gasteiger partial charge on any atom is 0.230 e. The number of nitrogens with zero attached hydrogens (tertiary/aromatic N) is 2. The van der Waals surface area contributed by atoms with Crippen LogP contribution in [0.25, 0.3) is 0 Å². The second kappa shape index (κ2) is 6.48. The highest BCUT2D eigenvalue weighted by molar-refractivity contribution is 7.89. The maximum atomic E-state index is 12.8. The smallest absolute Gasteiger partial charge is 0.230 e. The van der Waals surface area contributed by atoms with Gasteiger partial charge in [0.2, 0.25) is 15.9 Å². The number of amides is 1. The van der Waals surface area contributed by atoms with E-state index >= 15 is 0 Å². The summed E-state index contributed by atoms with van der Waals surface area (Å²) < 4.78 is 26.1. The molecule has 0 saturated carbocycles. The molecule has 0 aromatic heterocycles. The average Bonchev–Trinajstić information content (AvgIpc) is 2.82. The summed E-state index contributed by atoms with van der Waals surface area (Å²) in [6, 6.07) is 9.91. The highest BCUT2D eigenvalue weighted by Gasteiger charge is 2.51. The van der Waals surface area contributed by atoms with Crippen molar-refractivity contribution in [3.8, 4) is 0 Å². The van der Waals surface area contributed by atoms with Crippen molar-refractivity contribution in [2.45, 2.75) is 44.1 Å². The summed E-state index contributed by atoms with van der Waals surface area (Å²) >= 11 is 0. The molecular weight excluding hydrogens is 324 g/mol. The molecule has 24 heavy (non-hydrogen) atoms. The minimum Gasteiger partial charge on any atom is -0.339 e. The third kappa shape index (κ3) is 2.97. The van der Waals surface area contributed by atoms with Gasteiger partial charge in [-0.25, -0.2) is 12.7 Å². The zero-order valence-electron chi connectivity index (χ0n) is 14.4. The van der Waals surface area contributed by atoms with E-state index in [0.717, 1.165) is 24.8 Å². The van der Waals surface area contributed by atoms with Crippen LogP contribution in [0.4, 0.5) is 0 Å². The number of carbonyl (C=O) groups is 1. The molecule has 6 heteroatoms. The Morgan fingerprint density at radius 3 is 2.38 bits per heavy atom. The van der Waals surface area contributed by atoms with E-state index in [2.05, 4.69) is 0 Å². The molecule has 132 valence electrons. The standard InChI is InChI=1S/C18H26N2O3S/c1-3-13-24(22,23)20-11-9-18(10-12-20)14-16(17(21)19(18)2)15-7-5-4-6-8-15/h4-8,16H,3,9-14H2,1-2H3. The molecule has 1 unspecified atom stereocenters. The molecule has 1 aromatic rings. The Balaban J connectivity index is 1.75. The molecule has 1 aromatic carbocycles. The van der Waals surface area contributed by atoms with Crippen LogP contribution in [0.5, 0.6) is 0 Å². The van der Waals surface area contributed by atoms with Crippen LogP contribution in [-0.4, -0.2) is 55.0 Å². The highest BCUT2D eigenvalue weighted by Crippen LogP contribution is 2.45. The predicted molar refractivity (Wildman–Crippen MR) is 94.2 cm³/mol. The molecule has 1 amide bonds. The Bertz CT molecular complexity index is 694. The van der Waals surface area contributed by atoms with Gasteiger partial charge in [-0.05, 0) is 31.2 Å². The molecule has 2 aliphatic heterocycles. The number of hydrogen-bond donors (Lipinski definition) is 0. The fraction of sp³-hybridized carbons (Fsp3) is 0.611. The van der Waals surface area contributed by atoms with Crippen LogP contribution in [0.2, 0.25) is 0 Å². The molecule has 2 heterocycles. The molecule has 0 N–H and O–H groups in total. The third-order valence-corrected chi connectivity index (χ3v) is 7.71. The zero-order chi connectivity index (χ0) is 17.4. The Morgan fingerprint density at radius 1 is 1.17 bits per heavy atom.